The van der Waals surface area contributed by atoms with E-state index >= 15 is 0 Å². The molecule has 52 heavy (non-hydrogen) atoms. The number of aliphatic hydroxyl groups excluding tert-OH is 1. The molecule has 5 rings (SSSR count). The minimum absolute atomic E-state index is 0.0316. The zero-order valence-electron chi connectivity index (χ0n) is 29.3. The first-order chi connectivity index (χ1) is 25.1. The third kappa shape index (κ3) is 10.2. The molecule has 1 N–H and O–H groups in total. The van der Waals surface area contributed by atoms with Crippen molar-refractivity contribution in [3.05, 3.63) is 102 Å². The summed E-state index contributed by atoms with van der Waals surface area (Å²) in [6.07, 6.45) is 7.52. The summed E-state index contributed by atoms with van der Waals surface area (Å²) in [6, 6.07) is 17.0. The van der Waals surface area contributed by atoms with Crippen molar-refractivity contribution in [3.63, 3.8) is 0 Å². The number of aliphatic hydroxyl groups is 1. The number of fused-ring (bicyclic) bond motifs is 3. The van der Waals surface area contributed by atoms with Gasteiger partial charge in [0.15, 0.2) is 0 Å². The predicted molar refractivity (Wildman–Crippen MR) is 191 cm³/mol. The molecule has 0 radical (unpaired) electrons. The van der Waals surface area contributed by atoms with Crippen LogP contribution < -0.4 is 14.2 Å². The maximum Gasteiger partial charge on any atom is 0.343 e. The molecule has 1 saturated carbocycles. The molecule has 2 aliphatic carbocycles. The average Bonchev–Trinajstić information content (AvgIpc) is 3.45. The summed E-state index contributed by atoms with van der Waals surface area (Å²) in [5.41, 5.74) is 4.26. The van der Waals surface area contributed by atoms with E-state index in [1.54, 1.807) is 12.1 Å². The monoisotopic (exact) mass is 712 g/mol. The van der Waals surface area contributed by atoms with E-state index in [4.69, 9.17) is 28.4 Å². The maximum absolute atomic E-state index is 13.0. The number of esters is 4. The number of carbonyl (C=O) groups is 4. The molecule has 0 aliphatic heterocycles. The van der Waals surface area contributed by atoms with Gasteiger partial charge < -0.3 is 33.5 Å². The summed E-state index contributed by atoms with van der Waals surface area (Å²) in [7, 11) is 0. The third-order valence-electron chi connectivity index (χ3n) is 8.95. The molecule has 0 heterocycles. The molecule has 11 heteroatoms. The molecule has 3 aromatic carbocycles. The van der Waals surface area contributed by atoms with Gasteiger partial charge in [-0.1, -0.05) is 38.6 Å². The summed E-state index contributed by atoms with van der Waals surface area (Å²) in [4.78, 5) is 49.3. The van der Waals surface area contributed by atoms with Gasteiger partial charge in [-0.15, -0.1) is 0 Å². The summed E-state index contributed by atoms with van der Waals surface area (Å²) in [5.74, 6) is -1.23. The van der Waals surface area contributed by atoms with Crippen molar-refractivity contribution < 1.29 is 52.7 Å². The van der Waals surface area contributed by atoms with Crippen molar-refractivity contribution >= 4 is 23.9 Å². The zero-order chi connectivity index (χ0) is 37.0. The van der Waals surface area contributed by atoms with Gasteiger partial charge in [0.1, 0.15) is 23.4 Å². The highest BCUT2D eigenvalue weighted by Gasteiger charge is 2.29. The Kier molecular flexibility index (Phi) is 13.4. The second-order valence-electron chi connectivity index (χ2n) is 12.7. The molecular weight excluding hydrogens is 668 g/mol. The second-order valence-corrected chi connectivity index (χ2v) is 12.7. The number of hydrogen-bond acceptors (Lipinski definition) is 11. The molecule has 2 aliphatic rings. The molecule has 0 aromatic heterocycles. The molecule has 2 unspecified atom stereocenters. The van der Waals surface area contributed by atoms with Gasteiger partial charge >= 0.3 is 30.4 Å². The largest absolute Gasteiger partial charge is 0.463 e. The first-order valence-corrected chi connectivity index (χ1v) is 17.6. The fourth-order valence-electron chi connectivity index (χ4n) is 6.33. The van der Waals surface area contributed by atoms with Crippen LogP contribution in [0.25, 0.3) is 11.1 Å². The van der Waals surface area contributed by atoms with Crippen LogP contribution in [0.3, 0.4) is 0 Å². The van der Waals surface area contributed by atoms with Gasteiger partial charge in [-0.05, 0) is 116 Å². The Morgan fingerprint density at radius 1 is 0.846 bits per heavy atom. The molecule has 11 nitrogen and oxygen atoms in total. The Balaban J connectivity index is 1.12. The lowest BCUT2D eigenvalue weighted by atomic mass is 9.94. The first kappa shape index (κ1) is 38.0. The standard InChI is InChI=1S/C41H44O11/c1-4-32-35-24-30(50-39(44)26(3)23-38(43)49-28-11-7-6-8-12-28)17-19-33(35)34-20-18-31(25-36(32)34)51-40(45)27-13-15-29(16-14-27)52-41(46)48-22-10-9-21-47-37(42)5-2/h5,13-20,24-25,28,32,41,46H,2-4,6-12,21-23H2,1H3. The Bertz CT molecular complexity index is 1770. The molecule has 274 valence electrons. The number of ether oxygens (including phenoxy) is 6. The Morgan fingerprint density at radius 3 is 2.10 bits per heavy atom. The Labute approximate surface area is 303 Å². The van der Waals surface area contributed by atoms with Gasteiger partial charge in [-0.3, -0.25) is 4.79 Å². The lowest BCUT2D eigenvalue weighted by Gasteiger charge is -2.21. The summed E-state index contributed by atoms with van der Waals surface area (Å²) >= 11 is 0. The van der Waals surface area contributed by atoms with Crippen molar-refractivity contribution in [1.29, 1.82) is 0 Å². The van der Waals surface area contributed by atoms with Crippen molar-refractivity contribution in [2.45, 2.75) is 83.2 Å². The first-order valence-electron chi connectivity index (χ1n) is 17.6. The van der Waals surface area contributed by atoms with Crippen LogP contribution in [0.4, 0.5) is 0 Å². The van der Waals surface area contributed by atoms with Crippen LogP contribution >= 0.6 is 0 Å². The highest BCUT2D eigenvalue weighted by molar-refractivity contribution is 5.95. The van der Waals surface area contributed by atoms with Gasteiger partial charge in [0.25, 0.3) is 0 Å². The second kappa shape index (κ2) is 18.3. The molecule has 0 spiro atoms. The highest BCUT2D eigenvalue weighted by Crippen LogP contribution is 2.48. The average molecular weight is 713 g/mol. The topological polar surface area (TPSA) is 144 Å². The summed E-state index contributed by atoms with van der Waals surface area (Å²) in [5, 5.41) is 10.0. The molecule has 1 fully saturated rings. The predicted octanol–water partition coefficient (Wildman–Crippen LogP) is 7.34. The quantitative estimate of drug-likeness (QED) is 0.0494. The summed E-state index contributed by atoms with van der Waals surface area (Å²) < 4.78 is 32.3. The van der Waals surface area contributed by atoms with Gasteiger partial charge in [0.2, 0.25) is 0 Å². The van der Waals surface area contributed by atoms with Crippen LogP contribution in [0.5, 0.6) is 17.2 Å². The van der Waals surface area contributed by atoms with Crippen molar-refractivity contribution in [2.24, 2.45) is 0 Å². The van der Waals surface area contributed by atoms with E-state index in [-0.39, 0.29) is 48.5 Å². The highest BCUT2D eigenvalue weighted by atomic mass is 16.8. The molecular formula is C41H44O11. The lowest BCUT2D eigenvalue weighted by molar-refractivity contribution is -0.217. The molecule has 0 saturated heterocycles. The van der Waals surface area contributed by atoms with Gasteiger partial charge in [-0.25, -0.2) is 14.4 Å². The van der Waals surface area contributed by atoms with Crippen molar-refractivity contribution in [2.75, 3.05) is 13.2 Å². The summed E-state index contributed by atoms with van der Waals surface area (Å²) in [6.45, 7) is 8.04. The smallest absolute Gasteiger partial charge is 0.343 e. The lowest BCUT2D eigenvalue weighted by Crippen LogP contribution is -2.22. The van der Waals surface area contributed by atoms with E-state index in [0.29, 0.717) is 24.3 Å². The van der Waals surface area contributed by atoms with Crippen LogP contribution in [0.2, 0.25) is 0 Å². The third-order valence-corrected chi connectivity index (χ3v) is 8.95. The van der Waals surface area contributed by atoms with E-state index in [2.05, 4.69) is 20.1 Å². The minimum Gasteiger partial charge on any atom is -0.463 e. The maximum atomic E-state index is 13.0. The normalized spacial score (nSPS) is 15.4. The van der Waals surface area contributed by atoms with Crippen LogP contribution in [0, 0.1) is 0 Å². The Morgan fingerprint density at radius 2 is 1.46 bits per heavy atom. The number of rotatable bonds is 17. The SMILES string of the molecule is C=CC(=O)OCCCCOC(O)Oc1ccc(C(=O)Oc2ccc3c(c2)C(CC)c2cc(OC(=O)C(=C)CC(=O)OC4CCCCC4)ccc2-3)cc1. The zero-order valence-corrected chi connectivity index (χ0v) is 29.3. The number of benzene rings is 3. The van der Waals surface area contributed by atoms with E-state index < -0.39 is 30.4 Å². The van der Waals surface area contributed by atoms with Crippen LogP contribution in [0.15, 0.2) is 85.5 Å². The number of carbonyl (C=O) groups excluding carboxylic acids is 4. The van der Waals surface area contributed by atoms with Crippen molar-refractivity contribution in [1.82, 2.24) is 0 Å². The molecule has 2 atom stereocenters. The van der Waals surface area contributed by atoms with E-state index in [9.17, 15) is 24.3 Å². The van der Waals surface area contributed by atoms with Crippen LogP contribution in [-0.4, -0.2) is 54.8 Å². The molecule has 0 bridgehead atoms. The van der Waals surface area contributed by atoms with Crippen LogP contribution in [-0.2, 0) is 28.6 Å². The molecule has 3 aromatic rings. The van der Waals surface area contributed by atoms with Gasteiger partial charge in [0, 0.05) is 17.6 Å². The Hall–Kier alpha value is -5.26. The molecule has 0 amide bonds. The fourth-order valence-corrected chi connectivity index (χ4v) is 6.33. The van der Waals surface area contributed by atoms with Crippen molar-refractivity contribution in [3.8, 4) is 28.4 Å². The van der Waals surface area contributed by atoms with Gasteiger partial charge in [-0.2, -0.15) is 0 Å². The van der Waals surface area contributed by atoms with E-state index in [0.717, 1.165) is 66.9 Å². The fraction of sp³-hybridized carbons (Fsp3) is 0.366. The van der Waals surface area contributed by atoms with Crippen LogP contribution in [0.1, 0.15) is 92.1 Å². The van der Waals surface area contributed by atoms with E-state index in [1.807, 2.05) is 24.3 Å². The number of unbranched alkanes of at least 4 members (excludes halogenated alkanes) is 1. The van der Waals surface area contributed by atoms with Gasteiger partial charge in [0.05, 0.1) is 25.2 Å². The minimum atomic E-state index is -1.51. The van der Waals surface area contributed by atoms with E-state index in [1.165, 1.54) is 24.3 Å². The number of hydrogen-bond donors (Lipinski definition) is 1.